The van der Waals surface area contributed by atoms with Gasteiger partial charge >= 0.3 is 6.09 Å². The molecule has 3 saturated heterocycles. The number of aromatic amines is 1. The van der Waals surface area contributed by atoms with E-state index in [1.54, 1.807) is 0 Å². The number of hydrogen-bond acceptors (Lipinski definition) is 9. The molecule has 11 heteroatoms. The Morgan fingerprint density at radius 2 is 1.85 bits per heavy atom. The maximum Gasteiger partial charge on any atom is 0.410 e. The number of hydrogen-bond donors (Lipinski definition) is 3. The van der Waals surface area contributed by atoms with Gasteiger partial charge in [0.2, 0.25) is 5.95 Å². The molecule has 3 N–H and O–H groups in total. The molecule has 3 aliphatic rings. The van der Waals surface area contributed by atoms with Gasteiger partial charge in [0.05, 0.1) is 18.7 Å². The van der Waals surface area contributed by atoms with E-state index in [1.165, 1.54) is 0 Å². The molecule has 0 radical (unpaired) electrons. The number of nitrogens with one attached hydrogen (secondary N) is 3. The van der Waals surface area contributed by atoms with Crippen LogP contribution in [0.3, 0.4) is 0 Å². The summed E-state index contributed by atoms with van der Waals surface area (Å²) < 4.78 is 11.2. The Kier molecular flexibility index (Phi) is 6.70. The molecule has 3 aliphatic heterocycles. The number of aryl methyl sites for hydroxylation is 1. The number of fused-ring (bicyclic) bond motifs is 3. The van der Waals surface area contributed by atoms with E-state index in [0.29, 0.717) is 17.6 Å². The lowest BCUT2D eigenvalue weighted by Crippen LogP contribution is -2.51. The van der Waals surface area contributed by atoms with Crippen LogP contribution in [-0.2, 0) is 9.47 Å². The van der Waals surface area contributed by atoms with Gasteiger partial charge in [0.1, 0.15) is 11.4 Å². The number of ether oxygens (including phenoxy) is 2. The average molecular weight is 535 g/mol. The summed E-state index contributed by atoms with van der Waals surface area (Å²) in [5.41, 5.74) is 2.46. The van der Waals surface area contributed by atoms with Gasteiger partial charge in [-0.15, -0.1) is 0 Å². The number of amides is 1. The number of rotatable bonds is 5. The van der Waals surface area contributed by atoms with Crippen LogP contribution in [0, 0.1) is 6.92 Å². The lowest BCUT2D eigenvalue weighted by molar-refractivity contribution is 0.00682. The standard InChI is InChI=1S/C28H38N8O3/c1-17-13-24(34-33-17)31-25-22-8-7-19(35-9-11-38-12-10-35)16-23(22)30-26(32-25)29-18-14-20-5-6-21(15-18)36(20)27(37)39-28(2,3)4/h7-8,13,16,18,20-21H,5-6,9-12,14-15H2,1-4H3,(H3,29,30,31,32,33,34)/t18-,20-,21+. The van der Waals surface area contributed by atoms with Crippen LogP contribution >= 0.6 is 0 Å². The number of aromatic nitrogens is 4. The third kappa shape index (κ3) is 5.59. The molecule has 3 fully saturated rings. The predicted molar refractivity (Wildman–Crippen MR) is 151 cm³/mol. The number of benzene rings is 1. The molecule has 0 aliphatic carbocycles. The zero-order valence-electron chi connectivity index (χ0n) is 23.2. The first-order valence-electron chi connectivity index (χ1n) is 13.9. The second kappa shape index (κ2) is 10.2. The van der Waals surface area contributed by atoms with E-state index in [4.69, 9.17) is 19.4 Å². The summed E-state index contributed by atoms with van der Waals surface area (Å²) in [6, 6.07) is 8.77. The van der Waals surface area contributed by atoms with Crippen LogP contribution in [0.4, 0.5) is 28.1 Å². The number of morpholine rings is 1. The van der Waals surface area contributed by atoms with Crippen LogP contribution in [0.25, 0.3) is 10.9 Å². The fourth-order valence-corrected chi connectivity index (χ4v) is 5.99. The highest BCUT2D eigenvalue weighted by Crippen LogP contribution is 2.38. The number of nitrogens with zero attached hydrogens (tertiary/aromatic N) is 5. The molecule has 0 saturated carbocycles. The molecule has 3 atom stereocenters. The molecule has 0 unspecified atom stereocenters. The molecule has 5 heterocycles. The zero-order valence-corrected chi connectivity index (χ0v) is 23.2. The van der Waals surface area contributed by atoms with Gasteiger partial charge in [-0.2, -0.15) is 10.1 Å². The molecule has 6 rings (SSSR count). The van der Waals surface area contributed by atoms with Crippen LogP contribution in [0.2, 0.25) is 0 Å². The van der Waals surface area contributed by atoms with Crippen LogP contribution in [0.5, 0.6) is 0 Å². The quantitative estimate of drug-likeness (QED) is 0.432. The second-order valence-corrected chi connectivity index (χ2v) is 11.8. The van der Waals surface area contributed by atoms with Crippen molar-refractivity contribution in [1.82, 2.24) is 25.1 Å². The van der Waals surface area contributed by atoms with E-state index in [9.17, 15) is 4.79 Å². The summed E-state index contributed by atoms with van der Waals surface area (Å²) in [7, 11) is 0. The molecule has 1 aromatic carbocycles. The smallest absolute Gasteiger partial charge is 0.410 e. The topological polar surface area (TPSA) is 121 Å². The lowest BCUT2D eigenvalue weighted by atomic mass is 9.98. The molecule has 2 aromatic heterocycles. The second-order valence-electron chi connectivity index (χ2n) is 11.8. The highest BCUT2D eigenvalue weighted by molar-refractivity contribution is 5.93. The maximum atomic E-state index is 12.9. The van der Waals surface area contributed by atoms with Crippen LogP contribution in [-0.4, -0.2) is 81.2 Å². The van der Waals surface area contributed by atoms with E-state index in [1.807, 2.05) is 38.7 Å². The van der Waals surface area contributed by atoms with Gasteiger partial charge in [-0.05, 0) is 71.6 Å². The Hall–Kier alpha value is -3.60. The minimum atomic E-state index is -0.499. The first-order chi connectivity index (χ1) is 18.7. The minimum absolute atomic E-state index is 0.161. The van der Waals surface area contributed by atoms with Gasteiger partial charge in [-0.3, -0.25) is 5.10 Å². The van der Waals surface area contributed by atoms with Crippen molar-refractivity contribution < 1.29 is 14.3 Å². The largest absolute Gasteiger partial charge is 0.444 e. The minimum Gasteiger partial charge on any atom is -0.444 e. The van der Waals surface area contributed by atoms with E-state index in [-0.39, 0.29) is 24.2 Å². The average Bonchev–Trinajstić information content (AvgIpc) is 3.42. The van der Waals surface area contributed by atoms with Gasteiger partial charge < -0.3 is 29.9 Å². The molecular weight excluding hydrogens is 496 g/mol. The Labute approximate surface area is 228 Å². The van der Waals surface area contributed by atoms with Crippen molar-refractivity contribution in [2.75, 3.05) is 41.8 Å². The number of anilines is 4. The Balaban J connectivity index is 1.26. The van der Waals surface area contributed by atoms with Gasteiger partial charge in [0, 0.05) is 54.0 Å². The van der Waals surface area contributed by atoms with Crippen LogP contribution in [0.15, 0.2) is 24.3 Å². The maximum absolute atomic E-state index is 12.9. The first-order valence-corrected chi connectivity index (χ1v) is 13.9. The summed E-state index contributed by atoms with van der Waals surface area (Å²) in [5, 5.41) is 15.2. The fourth-order valence-electron chi connectivity index (χ4n) is 5.99. The van der Waals surface area contributed by atoms with Gasteiger partial charge in [-0.1, -0.05) is 0 Å². The highest BCUT2D eigenvalue weighted by Gasteiger charge is 2.45. The van der Waals surface area contributed by atoms with Crippen LogP contribution < -0.4 is 15.5 Å². The summed E-state index contributed by atoms with van der Waals surface area (Å²) in [6.07, 6.45) is 3.47. The lowest BCUT2D eigenvalue weighted by Gasteiger charge is -2.39. The summed E-state index contributed by atoms with van der Waals surface area (Å²) in [5.74, 6) is 1.99. The number of carbonyl (C=O) groups is 1. The van der Waals surface area contributed by atoms with E-state index in [2.05, 4.69) is 43.9 Å². The van der Waals surface area contributed by atoms with Crippen molar-refractivity contribution in [3.63, 3.8) is 0 Å². The molecule has 3 aromatic rings. The molecule has 1 amide bonds. The van der Waals surface area contributed by atoms with Crippen molar-refractivity contribution in [3.05, 3.63) is 30.0 Å². The van der Waals surface area contributed by atoms with E-state index in [0.717, 1.165) is 74.3 Å². The van der Waals surface area contributed by atoms with Crippen molar-refractivity contribution in [1.29, 1.82) is 0 Å². The molecule has 0 spiro atoms. The van der Waals surface area contributed by atoms with Gasteiger partial charge in [0.25, 0.3) is 0 Å². The molecule has 11 nitrogen and oxygen atoms in total. The SMILES string of the molecule is Cc1cc(Nc2nc(N[C@@H]3C[C@H]4CC[C@@H](C3)N4C(=O)OC(C)(C)C)nc3cc(N4CCOCC4)ccc23)n[nH]1. The van der Waals surface area contributed by atoms with Crippen LogP contribution in [0.1, 0.15) is 52.1 Å². The zero-order chi connectivity index (χ0) is 27.1. The number of H-pyrrole nitrogens is 1. The van der Waals surface area contributed by atoms with E-state index >= 15 is 0 Å². The van der Waals surface area contributed by atoms with Crippen molar-refractivity contribution in [2.45, 2.75) is 77.1 Å². The third-order valence-electron chi connectivity index (χ3n) is 7.68. The Morgan fingerprint density at radius 3 is 2.51 bits per heavy atom. The highest BCUT2D eigenvalue weighted by atomic mass is 16.6. The molecule has 2 bridgehead atoms. The normalized spacial score (nSPS) is 23.2. The van der Waals surface area contributed by atoms with Gasteiger partial charge in [0.15, 0.2) is 5.82 Å². The summed E-state index contributed by atoms with van der Waals surface area (Å²) in [4.78, 5) is 27.0. The summed E-state index contributed by atoms with van der Waals surface area (Å²) >= 11 is 0. The number of carbonyl (C=O) groups excluding carboxylic acids is 1. The first kappa shape index (κ1) is 25.7. The summed E-state index contributed by atoms with van der Waals surface area (Å²) in [6.45, 7) is 10.9. The van der Waals surface area contributed by atoms with E-state index < -0.39 is 5.60 Å². The molecule has 208 valence electrons. The molecular formula is C28H38N8O3. The Morgan fingerprint density at radius 1 is 1.10 bits per heavy atom. The molecule has 39 heavy (non-hydrogen) atoms. The number of piperidine rings is 1. The predicted octanol–water partition coefficient (Wildman–Crippen LogP) is 4.58. The Bertz CT molecular complexity index is 1330. The van der Waals surface area contributed by atoms with Crippen molar-refractivity contribution in [3.8, 4) is 0 Å². The fraction of sp³-hybridized carbons (Fsp3) is 0.571. The van der Waals surface area contributed by atoms with Crippen molar-refractivity contribution in [2.24, 2.45) is 0 Å². The monoisotopic (exact) mass is 534 g/mol. The third-order valence-corrected chi connectivity index (χ3v) is 7.68. The van der Waals surface area contributed by atoms with Crippen molar-refractivity contribution >= 4 is 40.3 Å². The van der Waals surface area contributed by atoms with Gasteiger partial charge in [-0.25, -0.2) is 9.78 Å².